The molecule has 1 aliphatic heterocycles. The maximum Gasteiger partial charge on any atom is 0.179 e. The number of nitrogens with zero attached hydrogens (tertiary/aromatic N) is 2. The molecule has 1 unspecified atom stereocenters. The first kappa shape index (κ1) is 32.8. The van der Waals surface area contributed by atoms with Crippen molar-refractivity contribution >= 4 is 38.8 Å². The fraction of sp³-hybridized carbons (Fsp3) is 0.0909. The van der Waals surface area contributed by atoms with E-state index in [0.29, 0.717) is 0 Å². The lowest BCUT2D eigenvalue weighted by molar-refractivity contribution is 0.0673. The molecule has 1 spiro atoms. The van der Waals surface area contributed by atoms with Gasteiger partial charge in [0.1, 0.15) is 0 Å². The van der Waals surface area contributed by atoms with Crippen molar-refractivity contribution in [1.82, 2.24) is 4.57 Å². The maximum atomic E-state index is 7.33. The van der Waals surface area contributed by atoms with Crippen molar-refractivity contribution in [3.63, 3.8) is 0 Å². The van der Waals surface area contributed by atoms with Gasteiger partial charge in [0.25, 0.3) is 0 Å². The number of allylic oxidation sites excluding steroid dienone is 6. The second kappa shape index (κ2) is 12.3. The molecule has 5 aliphatic rings. The van der Waals surface area contributed by atoms with Gasteiger partial charge in [0, 0.05) is 27.8 Å². The molecule has 0 saturated heterocycles. The molecule has 280 valence electrons. The van der Waals surface area contributed by atoms with E-state index in [4.69, 9.17) is 9.47 Å². The Morgan fingerprint density at radius 3 is 2.08 bits per heavy atom. The number of hydrogen-bond donors (Lipinski definition) is 0. The van der Waals surface area contributed by atoms with Crippen LogP contribution in [0.5, 0.6) is 11.5 Å². The van der Waals surface area contributed by atoms with Crippen molar-refractivity contribution in [1.29, 1.82) is 0 Å². The van der Waals surface area contributed by atoms with E-state index in [1.807, 2.05) is 0 Å². The molecule has 0 saturated carbocycles. The monoisotopic (exact) mass is 758 g/mol. The lowest BCUT2D eigenvalue weighted by Gasteiger charge is -2.40. The molecule has 59 heavy (non-hydrogen) atoms. The summed E-state index contributed by atoms with van der Waals surface area (Å²) in [7, 11) is 0. The molecule has 8 aromatic rings. The zero-order chi connectivity index (χ0) is 38.7. The van der Waals surface area contributed by atoms with E-state index in [1.165, 1.54) is 60.8 Å². The van der Waals surface area contributed by atoms with Gasteiger partial charge in [-0.05, 0) is 124 Å². The molecule has 4 aliphatic carbocycles. The van der Waals surface area contributed by atoms with Crippen LogP contribution in [0.3, 0.4) is 0 Å². The molecule has 2 heterocycles. The van der Waals surface area contributed by atoms with Gasteiger partial charge in [0.15, 0.2) is 23.7 Å². The summed E-state index contributed by atoms with van der Waals surface area (Å²) in [6, 6.07) is 59.4. The van der Waals surface area contributed by atoms with Gasteiger partial charge in [-0.1, -0.05) is 127 Å². The highest BCUT2D eigenvalue weighted by Gasteiger charge is 2.53. The Hall–Kier alpha value is -7.30. The third-order valence-electron chi connectivity index (χ3n) is 13.2. The fourth-order valence-corrected chi connectivity index (χ4v) is 10.9. The van der Waals surface area contributed by atoms with Gasteiger partial charge in [0.2, 0.25) is 0 Å². The normalized spacial score (nSPS) is 18.7. The van der Waals surface area contributed by atoms with E-state index < -0.39 is 11.5 Å². The van der Waals surface area contributed by atoms with Gasteiger partial charge < -0.3 is 18.9 Å². The molecule has 0 radical (unpaired) electrons. The highest BCUT2D eigenvalue weighted by atomic mass is 16.6. The molecule has 0 amide bonds. The summed E-state index contributed by atoms with van der Waals surface area (Å²) in [5.41, 5.74) is 16.8. The van der Waals surface area contributed by atoms with Gasteiger partial charge in [-0.3, -0.25) is 0 Å². The summed E-state index contributed by atoms with van der Waals surface area (Å²) >= 11 is 0. The van der Waals surface area contributed by atoms with Crippen LogP contribution in [0.2, 0.25) is 0 Å². The zero-order valence-corrected chi connectivity index (χ0v) is 32.3. The third kappa shape index (κ3) is 4.49. The van der Waals surface area contributed by atoms with E-state index in [0.717, 1.165) is 52.6 Å². The fourth-order valence-electron chi connectivity index (χ4n) is 10.9. The summed E-state index contributed by atoms with van der Waals surface area (Å²) in [4.78, 5) is 2.35. The van der Waals surface area contributed by atoms with Crippen LogP contribution in [0.25, 0.3) is 44.2 Å². The predicted molar refractivity (Wildman–Crippen MR) is 239 cm³/mol. The highest BCUT2D eigenvalue weighted by Crippen LogP contribution is 2.64. The van der Waals surface area contributed by atoms with E-state index in [-0.39, 0.29) is 6.10 Å². The number of anilines is 2. The summed E-state index contributed by atoms with van der Waals surface area (Å²) in [5.74, 6) is 1.58. The molecular weight excluding hydrogens is 721 g/mol. The van der Waals surface area contributed by atoms with Gasteiger partial charge in [-0.15, -0.1) is 0 Å². The van der Waals surface area contributed by atoms with Crippen LogP contribution >= 0.6 is 0 Å². The number of ether oxygens (including phenoxy) is 2. The molecular formula is C55H38N2O2. The van der Waals surface area contributed by atoms with Crippen molar-refractivity contribution in [3.05, 3.63) is 228 Å². The lowest BCUT2D eigenvalue weighted by atomic mass is 9.69. The number of hydrogen-bond acceptors (Lipinski definition) is 3. The van der Waals surface area contributed by atoms with Gasteiger partial charge >= 0.3 is 0 Å². The van der Waals surface area contributed by atoms with Crippen molar-refractivity contribution < 1.29 is 9.47 Å². The molecule has 4 heteroatoms. The molecule has 0 bridgehead atoms. The molecule has 1 aromatic heterocycles. The maximum absolute atomic E-state index is 7.33. The summed E-state index contributed by atoms with van der Waals surface area (Å²) < 4.78 is 16.8. The van der Waals surface area contributed by atoms with Crippen molar-refractivity contribution in [2.75, 3.05) is 4.90 Å². The second-order valence-corrected chi connectivity index (χ2v) is 16.2. The van der Waals surface area contributed by atoms with Crippen LogP contribution in [0.1, 0.15) is 35.1 Å². The van der Waals surface area contributed by atoms with Crippen molar-refractivity contribution in [2.24, 2.45) is 0 Å². The van der Waals surface area contributed by atoms with E-state index in [1.54, 1.807) is 0 Å². The van der Waals surface area contributed by atoms with Gasteiger partial charge in [0.05, 0.1) is 22.1 Å². The standard InChI is InChI=1S/C55H38N2O2/c1-3-16-35(17-4-1)56(37-30-31-42-41-23-10-14-27-48(41)57(50(42)32-37)36-18-5-2-6-19-36)49-28-15-29-51-54(49)59-53-34-47-43(33-52(53)58-51)40-22-9-13-26-46(40)55(47)44-24-11-7-20-38(44)39-21-8-12-25-45(39)55/h1-8,10-21,23-34,51,54H,9,22H2/t51-,54?/m1/s1. The van der Waals surface area contributed by atoms with Crippen molar-refractivity contribution in [2.45, 2.75) is 30.5 Å². The van der Waals surface area contributed by atoms with Crippen LogP contribution in [0.4, 0.5) is 11.4 Å². The molecule has 7 aromatic carbocycles. The quantitative estimate of drug-likeness (QED) is 0.179. The van der Waals surface area contributed by atoms with Crippen LogP contribution < -0.4 is 14.4 Å². The van der Waals surface area contributed by atoms with E-state index in [9.17, 15) is 0 Å². The number of para-hydroxylation sites is 3. The largest absolute Gasteiger partial charge is 0.478 e. The number of fused-ring (bicyclic) bond motifs is 14. The number of aromatic nitrogens is 1. The zero-order valence-electron chi connectivity index (χ0n) is 32.3. The topological polar surface area (TPSA) is 26.6 Å². The predicted octanol–water partition coefficient (Wildman–Crippen LogP) is 13.0. The third-order valence-corrected chi connectivity index (χ3v) is 13.2. The Labute approximate surface area is 342 Å². The first-order valence-electron chi connectivity index (χ1n) is 20.7. The average molecular weight is 759 g/mol. The minimum atomic E-state index is -0.419. The second-order valence-electron chi connectivity index (χ2n) is 16.2. The number of rotatable bonds is 4. The first-order valence-corrected chi connectivity index (χ1v) is 20.7. The van der Waals surface area contributed by atoms with Crippen molar-refractivity contribution in [3.8, 4) is 28.3 Å². The highest BCUT2D eigenvalue weighted by molar-refractivity contribution is 6.10. The molecule has 13 rings (SSSR count). The Balaban J connectivity index is 0.971. The Morgan fingerprint density at radius 1 is 0.576 bits per heavy atom. The average Bonchev–Trinajstić information content (AvgIpc) is 3.90. The Morgan fingerprint density at radius 2 is 1.27 bits per heavy atom. The summed E-state index contributed by atoms with van der Waals surface area (Å²) in [5, 5.41) is 2.45. The molecule has 0 fully saturated rings. The number of benzene rings is 7. The van der Waals surface area contributed by atoms with Gasteiger partial charge in [-0.2, -0.15) is 0 Å². The molecule has 4 nitrogen and oxygen atoms in total. The molecule has 0 N–H and O–H groups in total. The van der Waals surface area contributed by atoms with E-state index in [2.05, 4.69) is 204 Å². The smallest absolute Gasteiger partial charge is 0.179 e. The van der Waals surface area contributed by atoms with E-state index >= 15 is 0 Å². The van der Waals surface area contributed by atoms with Crippen LogP contribution in [-0.2, 0) is 5.41 Å². The minimum Gasteiger partial charge on any atom is -0.478 e. The van der Waals surface area contributed by atoms with Crippen LogP contribution in [0.15, 0.2) is 205 Å². The minimum absolute atomic E-state index is 0.311. The van der Waals surface area contributed by atoms with Crippen LogP contribution in [-0.4, -0.2) is 16.8 Å². The first-order chi connectivity index (χ1) is 29.3. The summed E-state index contributed by atoms with van der Waals surface area (Å²) in [6.07, 6.45) is 12.5. The lowest BCUT2D eigenvalue weighted by Crippen LogP contribution is -2.45. The summed E-state index contributed by atoms with van der Waals surface area (Å²) in [6.45, 7) is 0. The Bertz CT molecular complexity index is 3140. The Kier molecular flexibility index (Phi) is 6.86. The van der Waals surface area contributed by atoms with Crippen LogP contribution in [0, 0.1) is 0 Å². The molecule has 2 atom stereocenters. The van der Waals surface area contributed by atoms with Gasteiger partial charge in [-0.25, -0.2) is 0 Å². The SMILES string of the molecule is C1=C[C@H]2Oc3cc4c(cc3OC2C(N(c2ccccc2)c2ccc3c5ccccc5n(-c5ccccc5)c3c2)=C1)C1(C2=C4CCC=C2)c2ccccc2-c2ccccc21.